The molecule has 0 heterocycles. The zero-order chi connectivity index (χ0) is 12.3. The Balaban J connectivity index is 3.25. The average molecular weight is 234 g/mol. The van der Waals surface area contributed by atoms with E-state index in [1.165, 1.54) is 5.43 Å². The number of rotatable bonds is 2. The summed E-state index contributed by atoms with van der Waals surface area (Å²) in [5, 5.41) is 2.55. The average Bonchev–Trinajstić information content (AvgIpc) is 2.28. The fourth-order valence-corrected chi connectivity index (χ4v) is 0.866. The van der Waals surface area contributed by atoms with Crippen LogP contribution in [0, 0.1) is 23.3 Å². The predicted molar refractivity (Wildman–Crippen MR) is 42.9 cm³/mol. The summed E-state index contributed by atoms with van der Waals surface area (Å²) in [6.07, 6.45) is 0. The van der Waals surface area contributed by atoms with Gasteiger partial charge in [0.15, 0.2) is 23.3 Å². The Kier molecular flexibility index (Phi) is 3.31. The molecule has 0 unspecified atom stereocenters. The first-order valence-corrected chi connectivity index (χ1v) is 3.66. The summed E-state index contributed by atoms with van der Waals surface area (Å²) in [4.78, 5) is 13.1. The van der Waals surface area contributed by atoms with E-state index in [0.29, 0.717) is 0 Å². The molecule has 0 saturated carbocycles. The van der Waals surface area contributed by atoms with Crippen molar-refractivity contribution in [3.8, 4) is 0 Å². The molecule has 0 aromatic heterocycles. The molecule has 1 aromatic carbocycles. The number of nitrogens with zero attached hydrogens (tertiary/aromatic N) is 3. The number of nitrogens with one attached hydrogen (secondary N) is 1. The fraction of sp³-hybridized carbons (Fsp3) is 0. The van der Waals surface area contributed by atoms with E-state index in [0.717, 1.165) is 0 Å². The third-order valence-electron chi connectivity index (χ3n) is 1.54. The molecule has 1 aromatic rings. The lowest BCUT2D eigenvalue weighted by molar-refractivity contribution is 0.0948. The largest absolute Gasteiger partial charge is 0.345 e. The summed E-state index contributed by atoms with van der Waals surface area (Å²) in [5.74, 6) is -9.15. The Morgan fingerprint density at radius 1 is 1.25 bits per heavy atom. The second-order valence-electron chi connectivity index (χ2n) is 2.48. The van der Waals surface area contributed by atoms with Crippen LogP contribution >= 0.6 is 0 Å². The van der Waals surface area contributed by atoms with Gasteiger partial charge in [-0.05, 0) is 11.3 Å². The van der Waals surface area contributed by atoms with Crippen LogP contribution in [0.15, 0.2) is 11.3 Å². The van der Waals surface area contributed by atoms with Crippen molar-refractivity contribution in [2.75, 3.05) is 0 Å². The van der Waals surface area contributed by atoms with Gasteiger partial charge in [0.05, 0.1) is 0 Å². The van der Waals surface area contributed by atoms with Gasteiger partial charge in [0.25, 0.3) is 0 Å². The third kappa shape index (κ3) is 2.04. The van der Waals surface area contributed by atoms with Gasteiger partial charge in [-0.25, -0.2) is 22.4 Å². The van der Waals surface area contributed by atoms with Crippen LogP contribution in [0.2, 0.25) is 0 Å². The molecule has 0 saturated heterocycles. The van der Waals surface area contributed by atoms with Crippen LogP contribution in [-0.4, -0.2) is 5.91 Å². The van der Waals surface area contributed by atoms with Crippen molar-refractivity contribution in [2.45, 2.75) is 0 Å². The molecular formula is C7H2F4N4O. The molecule has 0 bridgehead atoms. The molecular weight excluding hydrogens is 232 g/mol. The highest BCUT2D eigenvalue weighted by Crippen LogP contribution is 2.18. The van der Waals surface area contributed by atoms with Crippen molar-refractivity contribution in [1.29, 1.82) is 0 Å². The molecule has 0 spiro atoms. The molecule has 16 heavy (non-hydrogen) atoms. The normalized spacial score (nSPS) is 9.50. The van der Waals surface area contributed by atoms with E-state index < -0.39 is 34.7 Å². The monoisotopic (exact) mass is 234 g/mol. The Morgan fingerprint density at radius 3 is 2.44 bits per heavy atom. The molecule has 1 rings (SSSR count). The van der Waals surface area contributed by atoms with Crippen molar-refractivity contribution in [3.63, 3.8) is 0 Å². The maximum atomic E-state index is 12.9. The number of amides is 1. The number of azide groups is 1. The predicted octanol–water partition coefficient (Wildman–Crippen LogP) is 2.20. The molecule has 0 aliphatic heterocycles. The Bertz CT molecular complexity index is 498. The molecule has 0 fully saturated rings. The molecule has 9 heteroatoms. The molecule has 0 radical (unpaired) electrons. The minimum atomic E-state index is -2.12. The molecule has 5 nitrogen and oxygen atoms in total. The summed E-state index contributed by atoms with van der Waals surface area (Å²) in [5.41, 5.74) is 8.16. The van der Waals surface area contributed by atoms with E-state index in [-0.39, 0.29) is 6.07 Å². The van der Waals surface area contributed by atoms with Gasteiger partial charge in [-0.15, -0.1) is 5.53 Å². The van der Waals surface area contributed by atoms with Crippen molar-refractivity contribution in [3.05, 3.63) is 45.3 Å². The lowest BCUT2D eigenvalue weighted by Crippen LogP contribution is -2.19. The first kappa shape index (κ1) is 11.8. The van der Waals surface area contributed by atoms with Crippen LogP contribution in [-0.2, 0) is 0 Å². The van der Waals surface area contributed by atoms with Gasteiger partial charge in [0.1, 0.15) is 5.56 Å². The summed E-state index contributed by atoms with van der Waals surface area (Å²) in [7, 11) is 0. The molecule has 0 atom stereocenters. The Labute approximate surface area is 85.3 Å². The zero-order valence-corrected chi connectivity index (χ0v) is 7.34. The van der Waals surface area contributed by atoms with Crippen LogP contribution in [0.1, 0.15) is 10.4 Å². The van der Waals surface area contributed by atoms with E-state index in [9.17, 15) is 22.4 Å². The summed E-state index contributed by atoms with van der Waals surface area (Å²) < 4.78 is 50.7. The standard InChI is InChI=1S/C7H2F4N4O/c8-3-1-2(7(16)13-15-14-12)4(9)6(11)5(3)10/h1H,(H,13,16). The quantitative estimate of drug-likeness (QED) is 0.159. The number of benzene rings is 1. The highest BCUT2D eigenvalue weighted by Gasteiger charge is 2.24. The van der Waals surface area contributed by atoms with Gasteiger partial charge in [0, 0.05) is 0 Å². The van der Waals surface area contributed by atoms with Gasteiger partial charge >= 0.3 is 5.91 Å². The maximum Gasteiger partial charge on any atom is 0.345 e. The molecule has 1 N–H and O–H groups in total. The molecule has 84 valence electrons. The third-order valence-corrected chi connectivity index (χ3v) is 1.54. The first-order chi connectivity index (χ1) is 7.49. The Morgan fingerprint density at radius 2 is 1.88 bits per heavy atom. The van der Waals surface area contributed by atoms with E-state index in [2.05, 4.69) is 10.1 Å². The minimum absolute atomic E-state index is 0.149. The van der Waals surface area contributed by atoms with Gasteiger partial charge < -0.3 is 0 Å². The highest BCUT2D eigenvalue weighted by molar-refractivity contribution is 5.94. The minimum Gasteiger partial charge on any atom is -0.240 e. The van der Waals surface area contributed by atoms with E-state index in [4.69, 9.17) is 5.53 Å². The summed E-state index contributed by atoms with van der Waals surface area (Å²) >= 11 is 0. The zero-order valence-electron chi connectivity index (χ0n) is 7.34. The lowest BCUT2D eigenvalue weighted by Gasteiger charge is -2.01. The van der Waals surface area contributed by atoms with Gasteiger partial charge in [-0.1, -0.05) is 0 Å². The van der Waals surface area contributed by atoms with Gasteiger partial charge in [-0.3, -0.25) is 0 Å². The van der Waals surface area contributed by atoms with Crippen molar-refractivity contribution >= 4 is 5.91 Å². The smallest absolute Gasteiger partial charge is 0.240 e. The molecule has 0 aliphatic rings. The molecule has 1 amide bonds. The summed E-state index contributed by atoms with van der Waals surface area (Å²) in [6.45, 7) is 0. The Hall–Kier alpha value is -2.28. The number of carbonyl (C=O) groups is 1. The van der Waals surface area contributed by atoms with Crippen LogP contribution in [0.25, 0.3) is 10.4 Å². The maximum absolute atomic E-state index is 12.9. The van der Waals surface area contributed by atoms with E-state index in [1.807, 2.05) is 0 Å². The van der Waals surface area contributed by atoms with Crippen LogP contribution in [0.5, 0.6) is 0 Å². The van der Waals surface area contributed by atoms with Crippen molar-refractivity contribution < 1.29 is 22.4 Å². The number of hydrogen-bond donors (Lipinski definition) is 1. The number of halogens is 4. The van der Waals surface area contributed by atoms with E-state index in [1.54, 1.807) is 0 Å². The van der Waals surface area contributed by atoms with Gasteiger partial charge in [-0.2, -0.15) is 10.3 Å². The highest BCUT2D eigenvalue weighted by atomic mass is 19.2. The van der Waals surface area contributed by atoms with E-state index >= 15 is 0 Å². The first-order valence-electron chi connectivity index (χ1n) is 3.66. The van der Waals surface area contributed by atoms with Crippen LogP contribution in [0.3, 0.4) is 0 Å². The van der Waals surface area contributed by atoms with Crippen molar-refractivity contribution in [1.82, 2.24) is 5.43 Å². The topological polar surface area (TPSA) is 77.9 Å². The fourth-order valence-electron chi connectivity index (χ4n) is 0.866. The van der Waals surface area contributed by atoms with Gasteiger partial charge in [0.2, 0.25) is 0 Å². The second kappa shape index (κ2) is 4.49. The van der Waals surface area contributed by atoms with Crippen LogP contribution in [0.4, 0.5) is 17.6 Å². The van der Waals surface area contributed by atoms with Crippen LogP contribution < -0.4 is 5.43 Å². The molecule has 0 aliphatic carbocycles. The summed E-state index contributed by atoms with van der Waals surface area (Å²) in [6, 6.07) is 0.149. The number of hydrogen-bond acceptors (Lipinski definition) is 2. The second-order valence-corrected chi connectivity index (χ2v) is 2.48. The SMILES string of the molecule is [N-]=[N+]=NNC(=O)c1cc(F)c(F)c(F)c1F. The lowest BCUT2D eigenvalue weighted by atomic mass is 10.2. The van der Waals surface area contributed by atoms with Crippen molar-refractivity contribution in [2.24, 2.45) is 5.22 Å². The number of carbonyl (C=O) groups excluding carboxylic acids is 1.